The van der Waals surface area contributed by atoms with Gasteiger partial charge in [-0.15, -0.1) is 11.3 Å². The van der Waals surface area contributed by atoms with Crippen LogP contribution < -0.4 is 15.5 Å². The van der Waals surface area contributed by atoms with Crippen molar-refractivity contribution in [2.45, 2.75) is 32.6 Å². The smallest absolute Gasteiger partial charge is 0.341 e. The third-order valence-corrected chi connectivity index (χ3v) is 6.35. The Morgan fingerprint density at radius 3 is 2.74 bits per heavy atom. The second-order valence-electron chi connectivity index (χ2n) is 6.68. The molecule has 1 aromatic heterocycles. The predicted octanol–water partition coefficient (Wildman–Crippen LogP) is 3.66. The molecule has 1 aliphatic rings. The van der Waals surface area contributed by atoms with E-state index in [1.165, 1.54) is 24.7 Å². The van der Waals surface area contributed by atoms with Crippen molar-refractivity contribution >= 4 is 56.3 Å². The van der Waals surface area contributed by atoms with Crippen molar-refractivity contribution in [2.24, 2.45) is 5.10 Å². The van der Waals surface area contributed by atoms with Gasteiger partial charge in [0.05, 0.1) is 25.5 Å². The number of amides is 2. The van der Waals surface area contributed by atoms with Gasteiger partial charge in [0, 0.05) is 14.9 Å². The fourth-order valence-electron chi connectivity index (χ4n) is 3.25. The lowest BCUT2D eigenvalue weighted by molar-refractivity contribution is -0.136. The molecule has 0 aliphatic heterocycles. The number of fused-ring (bicyclic) bond motifs is 1. The second kappa shape index (κ2) is 10.5. The number of anilines is 1. The molecule has 3 rings (SSSR count). The molecule has 0 radical (unpaired) electrons. The van der Waals surface area contributed by atoms with Gasteiger partial charge in [0.15, 0.2) is 0 Å². The quantitative estimate of drug-likeness (QED) is 0.268. The summed E-state index contributed by atoms with van der Waals surface area (Å²) in [6.45, 7) is 1.95. The van der Waals surface area contributed by atoms with Crippen LogP contribution in [0.2, 0.25) is 0 Å². The van der Waals surface area contributed by atoms with E-state index in [9.17, 15) is 14.4 Å². The van der Waals surface area contributed by atoms with E-state index in [0.29, 0.717) is 21.9 Å². The van der Waals surface area contributed by atoms with Crippen molar-refractivity contribution in [3.05, 3.63) is 44.2 Å². The van der Waals surface area contributed by atoms with Crippen LogP contribution in [-0.4, -0.2) is 37.7 Å². The fourth-order valence-corrected chi connectivity index (χ4v) is 4.90. The lowest BCUT2D eigenvalue weighted by atomic mass is 9.95. The second-order valence-corrected chi connectivity index (χ2v) is 8.70. The lowest BCUT2D eigenvalue weighted by Crippen LogP contribution is -2.32. The highest BCUT2D eigenvalue weighted by atomic mass is 79.9. The zero-order chi connectivity index (χ0) is 22.4. The Morgan fingerprint density at radius 1 is 1.23 bits per heavy atom. The number of hydrogen-bond donors (Lipinski definition) is 2. The van der Waals surface area contributed by atoms with Crippen LogP contribution in [0.5, 0.6) is 5.75 Å². The van der Waals surface area contributed by atoms with Crippen LogP contribution >= 0.6 is 27.3 Å². The van der Waals surface area contributed by atoms with Gasteiger partial charge < -0.3 is 14.8 Å². The topological polar surface area (TPSA) is 106 Å². The third-order valence-electron chi connectivity index (χ3n) is 4.65. The Kier molecular flexibility index (Phi) is 7.80. The van der Waals surface area contributed by atoms with Crippen LogP contribution in [0, 0.1) is 0 Å². The molecule has 0 unspecified atom stereocenters. The van der Waals surface area contributed by atoms with Gasteiger partial charge in [0.1, 0.15) is 10.8 Å². The first-order valence-electron chi connectivity index (χ1n) is 9.74. The SMILES string of the molecule is CCOC(=O)c1c(NC(=O)C(=O)N/N=C\c2cc(Br)ccc2OC)sc2c1CCCC2. The van der Waals surface area contributed by atoms with Crippen LogP contribution in [-0.2, 0) is 27.2 Å². The van der Waals surface area contributed by atoms with Gasteiger partial charge in [-0.2, -0.15) is 5.10 Å². The normalized spacial score (nSPS) is 12.9. The van der Waals surface area contributed by atoms with Gasteiger partial charge in [-0.1, -0.05) is 15.9 Å². The van der Waals surface area contributed by atoms with Crippen molar-refractivity contribution < 1.29 is 23.9 Å². The number of carbonyl (C=O) groups excluding carboxylic acids is 3. The monoisotopic (exact) mass is 507 g/mol. The van der Waals surface area contributed by atoms with E-state index in [4.69, 9.17) is 9.47 Å². The molecule has 1 heterocycles. The van der Waals surface area contributed by atoms with Gasteiger partial charge in [-0.25, -0.2) is 10.2 Å². The number of benzene rings is 1. The molecule has 1 aromatic carbocycles. The van der Waals surface area contributed by atoms with Crippen LogP contribution in [0.3, 0.4) is 0 Å². The molecule has 10 heteroatoms. The first kappa shape index (κ1) is 23.0. The Balaban J connectivity index is 1.71. The molecule has 0 saturated heterocycles. The molecular weight excluding hydrogens is 486 g/mol. The van der Waals surface area contributed by atoms with E-state index >= 15 is 0 Å². The number of carbonyl (C=O) groups is 3. The maximum Gasteiger partial charge on any atom is 0.341 e. The highest BCUT2D eigenvalue weighted by Gasteiger charge is 2.28. The number of methoxy groups -OCH3 is 1. The number of aryl methyl sites for hydroxylation is 1. The summed E-state index contributed by atoms with van der Waals surface area (Å²) >= 11 is 4.67. The highest BCUT2D eigenvalue weighted by molar-refractivity contribution is 9.10. The summed E-state index contributed by atoms with van der Waals surface area (Å²) < 4.78 is 11.2. The Labute approximate surface area is 192 Å². The molecule has 0 bridgehead atoms. The molecule has 0 spiro atoms. The number of esters is 1. The molecule has 2 amide bonds. The minimum Gasteiger partial charge on any atom is -0.496 e. The summed E-state index contributed by atoms with van der Waals surface area (Å²) in [5.41, 5.74) is 4.07. The number of hydrogen-bond acceptors (Lipinski definition) is 7. The summed E-state index contributed by atoms with van der Waals surface area (Å²) in [4.78, 5) is 38.1. The van der Waals surface area contributed by atoms with E-state index in [1.807, 2.05) is 6.07 Å². The van der Waals surface area contributed by atoms with Crippen molar-refractivity contribution in [3.63, 3.8) is 0 Å². The number of hydrazone groups is 1. The highest BCUT2D eigenvalue weighted by Crippen LogP contribution is 2.38. The third kappa shape index (κ3) is 5.50. The molecule has 2 aromatic rings. The van der Waals surface area contributed by atoms with Gasteiger partial charge in [0.2, 0.25) is 0 Å². The summed E-state index contributed by atoms with van der Waals surface area (Å²) in [6.07, 6.45) is 4.96. The van der Waals surface area contributed by atoms with Crippen LogP contribution in [0.15, 0.2) is 27.8 Å². The van der Waals surface area contributed by atoms with Crippen molar-refractivity contribution in [1.29, 1.82) is 0 Å². The fraction of sp³-hybridized carbons (Fsp3) is 0.333. The minimum atomic E-state index is -0.952. The van der Waals surface area contributed by atoms with Crippen LogP contribution in [0.4, 0.5) is 5.00 Å². The molecule has 31 heavy (non-hydrogen) atoms. The number of halogens is 1. The van der Waals surface area contributed by atoms with Gasteiger partial charge in [-0.3, -0.25) is 9.59 Å². The molecule has 164 valence electrons. The van der Waals surface area contributed by atoms with Gasteiger partial charge in [0.25, 0.3) is 0 Å². The Bertz CT molecular complexity index is 1030. The van der Waals surface area contributed by atoms with E-state index < -0.39 is 17.8 Å². The van der Waals surface area contributed by atoms with Gasteiger partial charge >= 0.3 is 17.8 Å². The molecule has 0 fully saturated rings. The number of nitrogens with one attached hydrogen (secondary N) is 2. The van der Waals surface area contributed by atoms with E-state index in [0.717, 1.165) is 40.6 Å². The summed E-state index contributed by atoms with van der Waals surface area (Å²) in [6, 6.07) is 5.32. The predicted molar refractivity (Wildman–Crippen MR) is 122 cm³/mol. The summed E-state index contributed by atoms with van der Waals surface area (Å²) in [5, 5.41) is 6.72. The maximum absolute atomic E-state index is 12.5. The summed E-state index contributed by atoms with van der Waals surface area (Å²) in [5.74, 6) is -1.79. The van der Waals surface area contributed by atoms with Gasteiger partial charge in [-0.05, 0) is 56.4 Å². The van der Waals surface area contributed by atoms with E-state index in [1.54, 1.807) is 19.1 Å². The Morgan fingerprint density at radius 2 is 2.00 bits per heavy atom. The largest absolute Gasteiger partial charge is 0.496 e. The molecule has 0 saturated carbocycles. The molecule has 0 atom stereocenters. The Hall–Kier alpha value is -2.72. The number of rotatable bonds is 6. The molecule has 2 N–H and O–H groups in total. The van der Waals surface area contributed by atoms with Crippen molar-refractivity contribution in [3.8, 4) is 5.75 Å². The number of nitrogens with zero attached hydrogens (tertiary/aromatic N) is 1. The number of thiophene rings is 1. The average molecular weight is 508 g/mol. The van der Waals surface area contributed by atoms with Crippen LogP contribution in [0.1, 0.15) is 46.1 Å². The zero-order valence-corrected chi connectivity index (χ0v) is 19.5. The van der Waals surface area contributed by atoms with E-state index in [2.05, 4.69) is 31.8 Å². The zero-order valence-electron chi connectivity index (χ0n) is 17.1. The molecule has 8 nitrogen and oxygen atoms in total. The first-order chi connectivity index (χ1) is 14.9. The number of ether oxygens (including phenoxy) is 2. The van der Waals surface area contributed by atoms with E-state index in [-0.39, 0.29) is 6.61 Å². The summed E-state index contributed by atoms with van der Waals surface area (Å²) in [7, 11) is 1.52. The molecule has 1 aliphatic carbocycles. The van der Waals surface area contributed by atoms with Crippen molar-refractivity contribution in [2.75, 3.05) is 19.0 Å². The standard InChI is InChI=1S/C21H22BrN3O5S/c1-3-30-21(28)17-14-6-4-5-7-16(14)31-20(17)24-18(26)19(27)25-23-11-12-10-13(22)8-9-15(12)29-2/h8-11H,3-7H2,1-2H3,(H,24,26)(H,25,27)/b23-11-. The van der Waals surface area contributed by atoms with Crippen molar-refractivity contribution in [1.82, 2.24) is 5.43 Å². The lowest BCUT2D eigenvalue weighted by Gasteiger charge is -2.12. The first-order valence-corrected chi connectivity index (χ1v) is 11.3. The molecular formula is C21H22BrN3O5S. The maximum atomic E-state index is 12.5. The average Bonchev–Trinajstić information content (AvgIpc) is 3.11. The minimum absolute atomic E-state index is 0.227. The van der Waals surface area contributed by atoms with Crippen LogP contribution in [0.25, 0.3) is 0 Å².